The molecule has 11 heteroatoms. The molecule has 1 fully saturated rings. The van der Waals surface area contributed by atoms with Crippen LogP contribution in [0.3, 0.4) is 0 Å². The van der Waals surface area contributed by atoms with Crippen LogP contribution in [0.5, 0.6) is 0 Å². The average Bonchev–Trinajstić information content (AvgIpc) is 3.25. The fraction of sp³-hybridized carbons (Fsp3) is 0.423. The molecule has 1 unspecified atom stereocenters. The van der Waals surface area contributed by atoms with Crippen molar-refractivity contribution in [2.75, 3.05) is 18.4 Å². The summed E-state index contributed by atoms with van der Waals surface area (Å²) in [6.45, 7) is 4.43. The van der Waals surface area contributed by atoms with Crippen LogP contribution in [-0.4, -0.2) is 62.4 Å². The molecule has 1 saturated carbocycles. The van der Waals surface area contributed by atoms with Gasteiger partial charge in [0.2, 0.25) is 5.91 Å². The second-order valence-electron chi connectivity index (χ2n) is 9.97. The number of carbonyl (C=O) groups excluding carboxylic acids is 2. The standard InChI is InChI=1S/C26H30FN7O3/c1-15(35)29-11-16-6-18(7-16)33-21-9-22(23-5-4-19-8-17(10-28)12-32-34(19)23)30-13-20(21)25(36)31-14-24(27)26(2,3)37/h4-5,8-9,12-13,16,18,24,37H,6-7,11,14H2,1-3H3,(H,29,35)(H,30,33)(H,31,36). The van der Waals surface area contributed by atoms with Gasteiger partial charge in [0.15, 0.2) is 0 Å². The maximum absolute atomic E-state index is 14.2. The van der Waals surface area contributed by atoms with E-state index in [1.807, 2.05) is 12.1 Å². The third kappa shape index (κ3) is 6.03. The molecule has 3 heterocycles. The zero-order valence-corrected chi connectivity index (χ0v) is 21.0. The highest BCUT2D eigenvalue weighted by atomic mass is 19.1. The largest absolute Gasteiger partial charge is 0.387 e. The molecule has 3 aromatic rings. The lowest BCUT2D eigenvalue weighted by molar-refractivity contribution is -0.119. The molecule has 194 valence electrons. The number of nitrogens with one attached hydrogen (secondary N) is 3. The Morgan fingerprint density at radius 2 is 2.03 bits per heavy atom. The second kappa shape index (κ2) is 10.5. The van der Waals surface area contributed by atoms with E-state index in [2.05, 4.69) is 32.1 Å². The molecule has 10 nitrogen and oxygen atoms in total. The van der Waals surface area contributed by atoms with Gasteiger partial charge in [-0.15, -0.1) is 0 Å². The number of hydrogen-bond acceptors (Lipinski definition) is 7. The Hall–Kier alpha value is -4.04. The van der Waals surface area contributed by atoms with Crippen LogP contribution in [0.15, 0.2) is 36.7 Å². The number of rotatable bonds is 9. The SMILES string of the molecule is CC(=O)NCC1CC(Nc2cc(-c3ccc4cc(C#N)cnn34)ncc2C(=O)NCC(F)C(C)(C)O)C1. The molecule has 4 N–H and O–H groups in total. The van der Waals surface area contributed by atoms with Crippen molar-refractivity contribution in [1.29, 1.82) is 5.26 Å². The quantitative estimate of drug-likeness (QED) is 0.348. The van der Waals surface area contributed by atoms with E-state index in [1.165, 1.54) is 33.2 Å². The second-order valence-corrected chi connectivity index (χ2v) is 9.97. The highest BCUT2D eigenvalue weighted by Gasteiger charge is 2.31. The number of carbonyl (C=O) groups is 2. The lowest BCUT2D eigenvalue weighted by atomic mass is 9.80. The van der Waals surface area contributed by atoms with E-state index < -0.39 is 17.7 Å². The lowest BCUT2D eigenvalue weighted by Gasteiger charge is -2.37. The van der Waals surface area contributed by atoms with Gasteiger partial charge in [-0.25, -0.2) is 8.91 Å². The Labute approximate surface area is 213 Å². The molecule has 1 atom stereocenters. The summed E-state index contributed by atoms with van der Waals surface area (Å²) in [7, 11) is 0. The molecule has 1 aliphatic rings. The maximum atomic E-state index is 14.2. The van der Waals surface area contributed by atoms with Gasteiger partial charge in [-0.1, -0.05) is 0 Å². The van der Waals surface area contributed by atoms with E-state index in [4.69, 9.17) is 5.26 Å². The first-order chi connectivity index (χ1) is 17.5. The van der Waals surface area contributed by atoms with Crippen LogP contribution < -0.4 is 16.0 Å². The number of halogens is 1. The van der Waals surface area contributed by atoms with Crippen LogP contribution in [0, 0.1) is 17.2 Å². The van der Waals surface area contributed by atoms with E-state index in [-0.39, 0.29) is 24.1 Å². The Morgan fingerprint density at radius 3 is 2.70 bits per heavy atom. The Kier molecular flexibility index (Phi) is 7.40. The minimum absolute atomic E-state index is 0.0682. The van der Waals surface area contributed by atoms with Crippen molar-refractivity contribution in [2.24, 2.45) is 5.92 Å². The molecule has 0 radical (unpaired) electrons. The number of nitriles is 1. The van der Waals surface area contributed by atoms with Crippen molar-refractivity contribution in [2.45, 2.75) is 51.4 Å². The monoisotopic (exact) mass is 507 g/mol. The van der Waals surface area contributed by atoms with Crippen LogP contribution in [-0.2, 0) is 4.79 Å². The van der Waals surface area contributed by atoms with Crippen LogP contribution in [0.2, 0.25) is 0 Å². The predicted octanol–water partition coefficient (Wildman–Crippen LogP) is 2.43. The van der Waals surface area contributed by atoms with E-state index in [9.17, 15) is 19.1 Å². The molecule has 0 saturated heterocycles. The van der Waals surface area contributed by atoms with Gasteiger partial charge >= 0.3 is 0 Å². The predicted molar refractivity (Wildman–Crippen MR) is 135 cm³/mol. The number of anilines is 1. The fourth-order valence-corrected chi connectivity index (χ4v) is 4.21. The van der Waals surface area contributed by atoms with E-state index >= 15 is 0 Å². The van der Waals surface area contributed by atoms with Gasteiger partial charge in [0, 0.05) is 25.7 Å². The molecule has 0 spiro atoms. The van der Waals surface area contributed by atoms with Crippen molar-refractivity contribution in [3.05, 3.63) is 47.8 Å². The van der Waals surface area contributed by atoms with Crippen molar-refractivity contribution in [3.8, 4) is 17.5 Å². The van der Waals surface area contributed by atoms with Gasteiger partial charge in [0.05, 0.1) is 52.1 Å². The maximum Gasteiger partial charge on any atom is 0.255 e. The molecule has 4 rings (SSSR count). The Bertz CT molecular complexity index is 1350. The van der Waals surface area contributed by atoms with Crippen molar-refractivity contribution >= 4 is 23.0 Å². The highest BCUT2D eigenvalue weighted by Crippen LogP contribution is 2.32. The van der Waals surface area contributed by atoms with Crippen LogP contribution in [0.1, 0.15) is 49.5 Å². The van der Waals surface area contributed by atoms with Crippen LogP contribution >= 0.6 is 0 Å². The molecule has 0 aliphatic heterocycles. The number of amides is 2. The van der Waals surface area contributed by atoms with Gasteiger partial charge in [-0.3, -0.25) is 14.6 Å². The lowest BCUT2D eigenvalue weighted by Crippen LogP contribution is -2.43. The number of nitrogens with zero attached hydrogens (tertiary/aromatic N) is 4. The van der Waals surface area contributed by atoms with Crippen LogP contribution in [0.25, 0.3) is 16.9 Å². The first-order valence-electron chi connectivity index (χ1n) is 12.1. The van der Waals surface area contributed by atoms with Gasteiger partial charge in [0.25, 0.3) is 5.91 Å². The normalized spacial score (nSPS) is 17.9. The summed E-state index contributed by atoms with van der Waals surface area (Å²) < 4.78 is 15.9. The van der Waals surface area contributed by atoms with E-state index in [0.29, 0.717) is 35.1 Å². The fourth-order valence-electron chi connectivity index (χ4n) is 4.21. The summed E-state index contributed by atoms with van der Waals surface area (Å²) >= 11 is 0. The third-order valence-electron chi connectivity index (χ3n) is 6.48. The van der Waals surface area contributed by atoms with Crippen molar-refractivity contribution in [1.82, 2.24) is 25.2 Å². The zero-order valence-electron chi connectivity index (χ0n) is 21.0. The van der Waals surface area contributed by atoms with E-state index in [0.717, 1.165) is 18.4 Å². The van der Waals surface area contributed by atoms with Gasteiger partial charge < -0.3 is 21.1 Å². The van der Waals surface area contributed by atoms with Crippen LogP contribution in [0.4, 0.5) is 10.1 Å². The smallest absolute Gasteiger partial charge is 0.255 e. The summed E-state index contributed by atoms with van der Waals surface area (Å²) in [5.41, 5.74) is 1.61. The number of aromatic nitrogens is 3. The Morgan fingerprint density at radius 1 is 1.27 bits per heavy atom. The summed E-state index contributed by atoms with van der Waals surface area (Å²) in [5, 5.41) is 32.1. The molecular formula is C26H30FN7O3. The molecule has 37 heavy (non-hydrogen) atoms. The van der Waals surface area contributed by atoms with Crippen molar-refractivity contribution < 1.29 is 19.1 Å². The molecule has 2 amide bonds. The molecule has 0 aromatic carbocycles. The first-order valence-corrected chi connectivity index (χ1v) is 12.1. The van der Waals surface area contributed by atoms with Gasteiger partial charge in [-0.05, 0) is 56.9 Å². The number of alkyl halides is 1. The first kappa shape index (κ1) is 26.0. The van der Waals surface area contributed by atoms with Crippen molar-refractivity contribution in [3.63, 3.8) is 0 Å². The summed E-state index contributed by atoms with van der Waals surface area (Å²) in [6.07, 6.45) is 2.89. The number of hydrogen-bond donors (Lipinski definition) is 4. The summed E-state index contributed by atoms with van der Waals surface area (Å²) in [4.78, 5) is 28.6. The molecule has 3 aromatic heterocycles. The minimum Gasteiger partial charge on any atom is -0.387 e. The topological polar surface area (TPSA) is 144 Å². The highest BCUT2D eigenvalue weighted by molar-refractivity contribution is 6.00. The number of fused-ring (bicyclic) bond motifs is 1. The zero-order chi connectivity index (χ0) is 26.7. The average molecular weight is 508 g/mol. The number of pyridine rings is 1. The third-order valence-corrected chi connectivity index (χ3v) is 6.48. The Balaban J connectivity index is 1.58. The van der Waals surface area contributed by atoms with Gasteiger partial charge in [0.1, 0.15) is 12.2 Å². The van der Waals surface area contributed by atoms with Gasteiger partial charge in [-0.2, -0.15) is 10.4 Å². The summed E-state index contributed by atoms with van der Waals surface area (Å²) in [5.74, 6) is -0.243. The summed E-state index contributed by atoms with van der Waals surface area (Å²) in [6, 6.07) is 9.29. The molecular weight excluding hydrogens is 477 g/mol. The molecule has 1 aliphatic carbocycles. The minimum atomic E-state index is -1.64. The number of aliphatic hydroxyl groups is 1. The molecule has 0 bridgehead atoms. The van der Waals surface area contributed by atoms with E-state index in [1.54, 1.807) is 16.6 Å².